The van der Waals surface area contributed by atoms with Crippen LogP contribution in [0, 0.1) is 22.9 Å². The largest absolute Gasteiger partial charge is 0.332 e. The Morgan fingerprint density at radius 3 is 2.74 bits per heavy atom. The van der Waals surface area contributed by atoms with Gasteiger partial charge in [-0.05, 0) is 24.6 Å². The Hall–Kier alpha value is -2.21. The van der Waals surface area contributed by atoms with E-state index < -0.39 is 10.7 Å². The lowest BCUT2D eigenvalue weighted by Crippen LogP contribution is -2.02. The highest BCUT2D eigenvalue weighted by atomic mass is 35.5. The molecule has 7 heteroatoms. The summed E-state index contributed by atoms with van der Waals surface area (Å²) in [5, 5.41) is 13.6. The summed E-state index contributed by atoms with van der Waals surface area (Å²) < 4.78 is 13.7. The highest BCUT2D eigenvalue weighted by Gasteiger charge is 2.17. The first-order valence-corrected chi connectivity index (χ1v) is 5.70. The van der Waals surface area contributed by atoms with Crippen molar-refractivity contribution in [3.63, 3.8) is 0 Å². The molecule has 0 amide bonds. The van der Waals surface area contributed by atoms with Crippen LogP contribution in [0.1, 0.15) is 5.56 Å². The van der Waals surface area contributed by atoms with Gasteiger partial charge in [0.05, 0.1) is 10.6 Å². The number of hydrogen-bond donors (Lipinski definition) is 1. The molecule has 0 unspecified atom stereocenters. The molecule has 5 nitrogen and oxygen atoms in total. The van der Waals surface area contributed by atoms with Crippen LogP contribution in [0.15, 0.2) is 30.3 Å². The first-order chi connectivity index (χ1) is 8.99. The van der Waals surface area contributed by atoms with Crippen LogP contribution in [0.3, 0.4) is 0 Å². The third kappa shape index (κ3) is 2.79. The molecule has 2 aromatic rings. The quantitative estimate of drug-likeness (QED) is 0.527. The fraction of sp³-hybridized carbons (Fsp3) is 0.0833. The summed E-state index contributed by atoms with van der Waals surface area (Å²) in [5.41, 5.74) is 0.475. The zero-order valence-electron chi connectivity index (χ0n) is 9.85. The maximum Gasteiger partial charge on any atom is 0.311 e. The number of nitro groups is 1. The van der Waals surface area contributed by atoms with E-state index in [1.807, 2.05) is 0 Å². The van der Waals surface area contributed by atoms with E-state index in [0.29, 0.717) is 5.56 Å². The number of nitrogens with zero attached hydrogens (tertiary/aromatic N) is 2. The van der Waals surface area contributed by atoms with E-state index in [1.165, 1.54) is 18.2 Å². The molecule has 2 rings (SSSR count). The van der Waals surface area contributed by atoms with Crippen molar-refractivity contribution in [1.29, 1.82) is 0 Å². The van der Waals surface area contributed by atoms with Crippen molar-refractivity contribution < 1.29 is 9.31 Å². The number of para-hydroxylation sites is 1. The number of halogens is 2. The summed E-state index contributed by atoms with van der Waals surface area (Å²) in [6.07, 6.45) is 0. The van der Waals surface area contributed by atoms with Crippen LogP contribution < -0.4 is 5.32 Å². The molecular weight excluding hydrogens is 273 g/mol. The maximum absolute atomic E-state index is 13.7. The zero-order valence-corrected chi connectivity index (χ0v) is 10.6. The van der Waals surface area contributed by atoms with Crippen molar-refractivity contribution in [2.24, 2.45) is 0 Å². The van der Waals surface area contributed by atoms with Crippen LogP contribution in [0.25, 0.3) is 0 Å². The second-order valence-corrected chi connectivity index (χ2v) is 4.20. The number of hydrogen-bond acceptors (Lipinski definition) is 4. The van der Waals surface area contributed by atoms with Gasteiger partial charge < -0.3 is 5.32 Å². The predicted octanol–water partition coefficient (Wildman–Crippen LogP) is 3.83. The molecule has 1 aromatic heterocycles. The average Bonchev–Trinajstić information content (AvgIpc) is 2.33. The molecular formula is C12H9ClFN3O2. The molecule has 0 spiro atoms. The van der Waals surface area contributed by atoms with E-state index in [9.17, 15) is 14.5 Å². The van der Waals surface area contributed by atoms with Crippen molar-refractivity contribution in [2.75, 3.05) is 5.32 Å². The van der Waals surface area contributed by atoms with Crippen LogP contribution in [0.2, 0.25) is 5.15 Å². The van der Waals surface area contributed by atoms with E-state index >= 15 is 0 Å². The predicted molar refractivity (Wildman–Crippen MR) is 70.3 cm³/mol. The van der Waals surface area contributed by atoms with Gasteiger partial charge in [0.15, 0.2) is 0 Å². The molecule has 0 fully saturated rings. The second-order valence-electron chi connectivity index (χ2n) is 3.82. The molecule has 0 saturated carbocycles. The summed E-state index contributed by atoms with van der Waals surface area (Å²) in [7, 11) is 0. The van der Waals surface area contributed by atoms with Gasteiger partial charge in [-0.3, -0.25) is 10.1 Å². The lowest BCUT2D eigenvalue weighted by molar-refractivity contribution is -0.384. The van der Waals surface area contributed by atoms with E-state index in [1.54, 1.807) is 19.1 Å². The van der Waals surface area contributed by atoms with Gasteiger partial charge in [0.1, 0.15) is 11.0 Å². The standard InChI is InChI=1S/C12H9ClFN3O2/c1-7-3-2-4-8(14)11(7)16-12-9(17(18)19)5-6-10(13)15-12/h2-6H,1H3,(H,15,16). The molecule has 0 atom stereocenters. The van der Waals surface area contributed by atoms with Crippen molar-refractivity contribution in [2.45, 2.75) is 6.92 Å². The van der Waals surface area contributed by atoms with Crippen molar-refractivity contribution >= 4 is 28.8 Å². The number of nitrogens with one attached hydrogen (secondary N) is 1. The average molecular weight is 282 g/mol. The number of aryl methyl sites for hydroxylation is 1. The van der Waals surface area contributed by atoms with Crippen molar-refractivity contribution in [1.82, 2.24) is 4.98 Å². The lowest BCUT2D eigenvalue weighted by atomic mass is 10.2. The highest BCUT2D eigenvalue weighted by Crippen LogP contribution is 2.29. The Morgan fingerprint density at radius 1 is 1.37 bits per heavy atom. The molecule has 1 heterocycles. The third-order valence-corrected chi connectivity index (χ3v) is 2.71. The zero-order chi connectivity index (χ0) is 14.0. The molecule has 0 radical (unpaired) electrons. The minimum absolute atomic E-state index is 0.0853. The van der Waals surface area contributed by atoms with Gasteiger partial charge >= 0.3 is 5.69 Å². The van der Waals surface area contributed by atoms with Gasteiger partial charge in [0, 0.05) is 6.07 Å². The Kier molecular flexibility index (Phi) is 3.62. The van der Waals surface area contributed by atoms with Crippen molar-refractivity contribution in [3.05, 3.63) is 57.0 Å². The Morgan fingerprint density at radius 2 is 2.11 bits per heavy atom. The molecule has 1 N–H and O–H groups in total. The summed E-state index contributed by atoms with van der Waals surface area (Å²) in [6, 6.07) is 7.01. The van der Waals surface area contributed by atoms with Crippen LogP contribution in [-0.2, 0) is 0 Å². The molecule has 0 aliphatic rings. The Balaban J connectivity index is 2.49. The van der Waals surface area contributed by atoms with Gasteiger partial charge in [0.2, 0.25) is 5.82 Å². The summed E-state index contributed by atoms with van der Waals surface area (Å²) >= 11 is 5.70. The highest BCUT2D eigenvalue weighted by molar-refractivity contribution is 6.29. The van der Waals surface area contributed by atoms with Gasteiger partial charge in [-0.25, -0.2) is 9.37 Å². The van der Waals surface area contributed by atoms with Crippen LogP contribution in [0.4, 0.5) is 21.6 Å². The minimum Gasteiger partial charge on any atom is -0.332 e. The molecule has 1 aromatic carbocycles. The SMILES string of the molecule is Cc1cccc(F)c1Nc1nc(Cl)ccc1[N+](=O)[O-]. The Labute approximate surface area is 113 Å². The van der Waals surface area contributed by atoms with E-state index in [0.717, 1.165) is 0 Å². The van der Waals surface area contributed by atoms with Gasteiger partial charge in [0.25, 0.3) is 0 Å². The van der Waals surface area contributed by atoms with Gasteiger partial charge in [-0.2, -0.15) is 0 Å². The number of benzene rings is 1. The molecule has 0 saturated heterocycles. The summed E-state index contributed by atoms with van der Waals surface area (Å²) in [5.74, 6) is -0.609. The number of rotatable bonds is 3. The monoisotopic (exact) mass is 281 g/mol. The Bertz CT molecular complexity index is 629. The van der Waals surface area contributed by atoms with E-state index in [2.05, 4.69) is 10.3 Å². The first kappa shape index (κ1) is 13.2. The third-order valence-electron chi connectivity index (χ3n) is 2.50. The van der Waals surface area contributed by atoms with E-state index in [-0.39, 0.29) is 22.3 Å². The number of anilines is 2. The molecule has 0 aliphatic heterocycles. The molecule has 98 valence electrons. The minimum atomic E-state index is -0.609. The first-order valence-electron chi connectivity index (χ1n) is 5.32. The molecule has 19 heavy (non-hydrogen) atoms. The lowest BCUT2D eigenvalue weighted by Gasteiger charge is -2.10. The summed E-state index contributed by atoms with van der Waals surface area (Å²) in [4.78, 5) is 14.1. The fourth-order valence-corrected chi connectivity index (χ4v) is 1.72. The molecule has 0 aliphatic carbocycles. The van der Waals surface area contributed by atoms with Gasteiger partial charge in [-0.15, -0.1) is 0 Å². The maximum atomic E-state index is 13.7. The normalized spacial score (nSPS) is 10.3. The second kappa shape index (κ2) is 5.19. The fourth-order valence-electron chi connectivity index (χ4n) is 1.58. The molecule has 0 bridgehead atoms. The topological polar surface area (TPSA) is 68.1 Å². The number of aromatic nitrogens is 1. The van der Waals surface area contributed by atoms with Crippen molar-refractivity contribution in [3.8, 4) is 0 Å². The van der Waals surface area contributed by atoms with Crippen LogP contribution in [0.5, 0.6) is 0 Å². The van der Waals surface area contributed by atoms with E-state index in [4.69, 9.17) is 11.6 Å². The van der Waals surface area contributed by atoms with Crippen LogP contribution in [-0.4, -0.2) is 9.91 Å². The smallest absolute Gasteiger partial charge is 0.311 e. The van der Waals surface area contributed by atoms with Crippen LogP contribution >= 0.6 is 11.6 Å². The number of pyridine rings is 1. The van der Waals surface area contributed by atoms with Gasteiger partial charge in [-0.1, -0.05) is 23.7 Å². The summed E-state index contributed by atoms with van der Waals surface area (Å²) in [6.45, 7) is 1.68.